The number of hydrogen-bond acceptors (Lipinski definition) is 3. The monoisotopic (exact) mass is 312 g/mol. The Morgan fingerprint density at radius 2 is 2.14 bits per heavy atom. The van der Waals surface area contributed by atoms with Crippen LogP contribution in [-0.4, -0.2) is 43.6 Å². The second kappa shape index (κ2) is 8.25. The molecule has 0 saturated carbocycles. The molecule has 1 aromatic rings. The molecular weight excluding hydrogens is 288 g/mol. The van der Waals surface area contributed by atoms with Crippen molar-refractivity contribution in [3.63, 3.8) is 0 Å². The summed E-state index contributed by atoms with van der Waals surface area (Å²) < 4.78 is 5.61. The second-order valence-corrected chi connectivity index (χ2v) is 5.50. The van der Waals surface area contributed by atoms with Crippen molar-refractivity contribution in [3.05, 3.63) is 29.3 Å². The fourth-order valence-electron chi connectivity index (χ4n) is 2.48. The predicted octanol–water partition coefficient (Wildman–Crippen LogP) is 2.31. The number of likely N-dealkylation sites (tertiary alicyclic amines) is 1. The molecule has 1 heterocycles. The lowest BCUT2D eigenvalue weighted by Crippen LogP contribution is -2.48. The van der Waals surface area contributed by atoms with Gasteiger partial charge in [0, 0.05) is 19.1 Å². The Bertz CT molecular complexity index is 479. The van der Waals surface area contributed by atoms with E-state index >= 15 is 0 Å². The van der Waals surface area contributed by atoms with Crippen LogP contribution in [0.25, 0.3) is 0 Å². The molecule has 118 valence electrons. The Balaban J connectivity index is 0.00000220. The number of carbonyl (C=O) groups excluding carboxylic acids is 1. The molecule has 21 heavy (non-hydrogen) atoms. The number of nitrogens with zero attached hydrogens (tertiary/aromatic N) is 1. The maximum Gasteiger partial charge on any atom is 0.260 e. The smallest absolute Gasteiger partial charge is 0.260 e. The Kier molecular flexibility index (Phi) is 6.99. The van der Waals surface area contributed by atoms with E-state index in [1.54, 1.807) is 0 Å². The first-order valence-corrected chi connectivity index (χ1v) is 7.25. The number of benzene rings is 1. The molecule has 1 aromatic carbocycles. The summed E-state index contributed by atoms with van der Waals surface area (Å²) in [5.41, 5.74) is 2.42. The predicted molar refractivity (Wildman–Crippen MR) is 87.3 cm³/mol. The van der Waals surface area contributed by atoms with Gasteiger partial charge in [0.05, 0.1) is 0 Å². The van der Waals surface area contributed by atoms with E-state index in [9.17, 15) is 4.79 Å². The SMILES string of the molecule is CNC1CCCN(C(=O)COc2ccc(C)c(C)c2)C1.Cl. The number of hydrogen-bond donors (Lipinski definition) is 1. The van der Waals surface area contributed by atoms with Crippen LogP contribution in [0.1, 0.15) is 24.0 Å². The van der Waals surface area contributed by atoms with Gasteiger partial charge in [0.15, 0.2) is 6.61 Å². The van der Waals surface area contributed by atoms with E-state index in [2.05, 4.69) is 12.2 Å². The molecule has 1 N–H and O–H groups in total. The number of likely N-dealkylation sites (N-methyl/N-ethyl adjacent to an activating group) is 1. The van der Waals surface area contributed by atoms with E-state index in [4.69, 9.17) is 4.74 Å². The van der Waals surface area contributed by atoms with Crippen LogP contribution in [0.5, 0.6) is 5.75 Å². The molecular formula is C16H25ClN2O2. The van der Waals surface area contributed by atoms with Gasteiger partial charge in [-0.25, -0.2) is 0 Å². The standard InChI is InChI=1S/C16H24N2O2.ClH/c1-12-6-7-15(9-13(12)2)20-11-16(19)18-8-4-5-14(10-18)17-3;/h6-7,9,14,17H,4-5,8,10-11H2,1-3H3;1H. The maximum atomic E-state index is 12.2. The van der Waals surface area contributed by atoms with Crippen LogP contribution in [0.4, 0.5) is 0 Å². The average molecular weight is 313 g/mol. The zero-order valence-electron chi connectivity index (χ0n) is 13.0. The summed E-state index contributed by atoms with van der Waals surface area (Å²) in [6.45, 7) is 5.86. The van der Waals surface area contributed by atoms with Crippen LogP contribution < -0.4 is 10.1 Å². The number of halogens is 1. The van der Waals surface area contributed by atoms with Gasteiger partial charge in [0.2, 0.25) is 0 Å². The van der Waals surface area contributed by atoms with Gasteiger partial charge in [-0.2, -0.15) is 0 Å². The molecule has 0 aliphatic carbocycles. The third-order valence-electron chi connectivity index (χ3n) is 4.02. The molecule has 5 heteroatoms. The first-order valence-electron chi connectivity index (χ1n) is 7.25. The van der Waals surface area contributed by atoms with Crippen LogP contribution in [0, 0.1) is 13.8 Å². The topological polar surface area (TPSA) is 41.6 Å². The van der Waals surface area contributed by atoms with Gasteiger partial charge in [0.1, 0.15) is 5.75 Å². The highest BCUT2D eigenvalue weighted by Gasteiger charge is 2.22. The van der Waals surface area contributed by atoms with Crippen molar-refractivity contribution in [2.45, 2.75) is 32.7 Å². The third-order valence-corrected chi connectivity index (χ3v) is 4.02. The summed E-state index contributed by atoms with van der Waals surface area (Å²) in [5.74, 6) is 0.840. The van der Waals surface area contributed by atoms with Gasteiger partial charge in [0.25, 0.3) is 5.91 Å². The molecule has 1 aliphatic heterocycles. The number of ether oxygens (including phenoxy) is 1. The molecule has 1 amide bonds. The van der Waals surface area contributed by atoms with Crippen LogP contribution in [0.3, 0.4) is 0 Å². The zero-order valence-corrected chi connectivity index (χ0v) is 13.8. The Morgan fingerprint density at radius 3 is 2.81 bits per heavy atom. The Hall–Kier alpha value is -1.26. The minimum Gasteiger partial charge on any atom is -0.484 e. The lowest BCUT2D eigenvalue weighted by molar-refractivity contribution is -0.134. The van der Waals surface area contributed by atoms with E-state index in [-0.39, 0.29) is 24.9 Å². The van der Waals surface area contributed by atoms with Crippen LogP contribution in [0.15, 0.2) is 18.2 Å². The summed E-state index contributed by atoms with van der Waals surface area (Å²) >= 11 is 0. The normalized spacial score (nSPS) is 18.0. The van der Waals surface area contributed by atoms with Gasteiger partial charge in [-0.15, -0.1) is 12.4 Å². The molecule has 0 bridgehead atoms. The summed E-state index contributed by atoms with van der Waals surface area (Å²) in [7, 11) is 1.95. The lowest BCUT2D eigenvalue weighted by Gasteiger charge is -2.32. The molecule has 2 rings (SSSR count). The number of nitrogens with one attached hydrogen (secondary N) is 1. The van der Waals surface area contributed by atoms with Crippen molar-refractivity contribution in [2.75, 3.05) is 26.7 Å². The van der Waals surface area contributed by atoms with Gasteiger partial charge in [-0.05, 0) is 57.0 Å². The third kappa shape index (κ3) is 4.90. The minimum absolute atomic E-state index is 0. The molecule has 0 spiro atoms. The fraction of sp³-hybridized carbons (Fsp3) is 0.562. The van der Waals surface area contributed by atoms with Crippen molar-refractivity contribution in [1.82, 2.24) is 10.2 Å². The van der Waals surface area contributed by atoms with E-state index in [1.807, 2.05) is 37.1 Å². The van der Waals surface area contributed by atoms with E-state index in [1.165, 1.54) is 11.1 Å². The van der Waals surface area contributed by atoms with Crippen molar-refractivity contribution in [1.29, 1.82) is 0 Å². The number of carbonyl (C=O) groups is 1. The number of rotatable bonds is 4. The van der Waals surface area contributed by atoms with Crippen LogP contribution >= 0.6 is 12.4 Å². The Morgan fingerprint density at radius 1 is 1.38 bits per heavy atom. The van der Waals surface area contributed by atoms with E-state index in [0.29, 0.717) is 6.04 Å². The van der Waals surface area contributed by atoms with Gasteiger partial charge in [-0.3, -0.25) is 4.79 Å². The summed E-state index contributed by atoms with van der Waals surface area (Å²) in [6.07, 6.45) is 2.19. The fourth-order valence-corrected chi connectivity index (χ4v) is 2.48. The first kappa shape index (κ1) is 17.8. The molecule has 1 fully saturated rings. The second-order valence-electron chi connectivity index (χ2n) is 5.50. The minimum atomic E-state index is 0. The molecule has 0 aromatic heterocycles. The van der Waals surface area contributed by atoms with Crippen molar-refractivity contribution < 1.29 is 9.53 Å². The number of amides is 1. The van der Waals surface area contributed by atoms with Gasteiger partial charge in [-0.1, -0.05) is 6.07 Å². The molecule has 1 saturated heterocycles. The number of piperidine rings is 1. The number of aryl methyl sites for hydroxylation is 2. The van der Waals surface area contributed by atoms with Gasteiger partial charge >= 0.3 is 0 Å². The average Bonchev–Trinajstić information content (AvgIpc) is 2.48. The highest BCUT2D eigenvalue weighted by molar-refractivity contribution is 5.85. The molecule has 1 aliphatic rings. The summed E-state index contributed by atoms with van der Waals surface area (Å²) in [5, 5.41) is 3.24. The molecule has 1 atom stereocenters. The Labute approximate surface area is 133 Å². The summed E-state index contributed by atoms with van der Waals surface area (Å²) in [6, 6.07) is 6.33. The van der Waals surface area contributed by atoms with Crippen molar-refractivity contribution in [2.24, 2.45) is 0 Å². The molecule has 4 nitrogen and oxygen atoms in total. The quantitative estimate of drug-likeness (QED) is 0.927. The first-order chi connectivity index (χ1) is 9.60. The summed E-state index contributed by atoms with van der Waals surface area (Å²) in [4.78, 5) is 14.1. The maximum absolute atomic E-state index is 12.2. The zero-order chi connectivity index (χ0) is 14.5. The highest BCUT2D eigenvalue weighted by atomic mass is 35.5. The largest absolute Gasteiger partial charge is 0.484 e. The van der Waals surface area contributed by atoms with Crippen LogP contribution in [0.2, 0.25) is 0 Å². The van der Waals surface area contributed by atoms with Crippen molar-refractivity contribution in [3.8, 4) is 5.75 Å². The lowest BCUT2D eigenvalue weighted by atomic mass is 10.1. The molecule has 0 radical (unpaired) electrons. The van der Waals surface area contributed by atoms with Crippen molar-refractivity contribution >= 4 is 18.3 Å². The molecule has 1 unspecified atom stereocenters. The van der Waals surface area contributed by atoms with E-state index < -0.39 is 0 Å². The van der Waals surface area contributed by atoms with Crippen LogP contribution in [-0.2, 0) is 4.79 Å². The van der Waals surface area contributed by atoms with Gasteiger partial charge < -0.3 is 15.0 Å². The highest BCUT2D eigenvalue weighted by Crippen LogP contribution is 2.17. The van der Waals surface area contributed by atoms with E-state index in [0.717, 1.165) is 31.7 Å².